The van der Waals surface area contributed by atoms with Crippen LogP contribution in [0.5, 0.6) is 5.88 Å². The van der Waals surface area contributed by atoms with Gasteiger partial charge in [0.15, 0.2) is 0 Å². The Hall–Kier alpha value is -2.11. The molecule has 0 atom stereocenters. The fourth-order valence-electron chi connectivity index (χ4n) is 3.91. The first-order valence-corrected chi connectivity index (χ1v) is 9.70. The number of ether oxygens (including phenoxy) is 1. The number of nitrogens with one attached hydrogen (secondary N) is 1. The molecule has 0 aromatic carbocycles. The van der Waals surface area contributed by atoms with Crippen molar-refractivity contribution >= 4 is 11.8 Å². The minimum absolute atomic E-state index is 0.00805. The molecule has 1 N–H and O–H groups in total. The summed E-state index contributed by atoms with van der Waals surface area (Å²) in [5, 5.41) is 3.37. The summed E-state index contributed by atoms with van der Waals surface area (Å²) in [6, 6.07) is 3.47. The number of methoxy groups -OCH3 is 1. The minimum atomic E-state index is -0.115. The number of carbonyl (C=O) groups excluding carboxylic acids is 2. The number of hydrogen-bond acceptors (Lipinski definition) is 4. The highest BCUT2D eigenvalue weighted by molar-refractivity contribution is 5.94. The van der Waals surface area contributed by atoms with Gasteiger partial charge in [-0.05, 0) is 44.1 Å². The molecule has 4 rings (SSSR count). The number of hydrogen-bond donors (Lipinski definition) is 1. The summed E-state index contributed by atoms with van der Waals surface area (Å²) in [5.74, 6) is 1.73. The average molecular weight is 357 g/mol. The SMILES string of the molecule is COc1ccc(C(=O)N2CCC(CC3CC3)(NC(=O)C3CC3)CC2)cn1. The van der Waals surface area contributed by atoms with Crippen molar-refractivity contribution in [2.24, 2.45) is 11.8 Å². The molecule has 2 aliphatic carbocycles. The van der Waals surface area contributed by atoms with E-state index in [1.54, 1.807) is 25.4 Å². The maximum atomic E-state index is 12.7. The molecule has 2 saturated carbocycles. The quantitative estimate of drug-likeness (QED) is 0.849. The number of carbonyl (C=O) groups is 2. The summed E-state index contributed by atoms with van der Waals surface area (Å²) >= 11 is 0. The van der Waals surface area contributed by atoms with E-state index in [0.717, 1.165) is 38.0 Å². The first kappa shape index (κ1) is 17.3. The number of amides is 2. The van der Waals surface area contributed by atoms with Crippen molar-refractivity contribution in [3.05, 3.63) is 23.9 Å². The topological polar surface area (TPSA) is 71.5 Å². The molecule has 6 nitrogen and oxygen atoms in total. The molecule has 0 bridgehead atoms. The number of pyridine rings is 1. The molecule has 1 aromatic rings. The molecule has 3 aliphatic rings. The summed E-state index contributed by atoms with van der Waals surface area (Å²) in [7, 11) is 1.56. The van der Waals surface area contributed by atoms with E-state index in [1.807, 2.05) is 4.90 Å². The van der Waals surface area contributed by atoms with E-state index in [-0.39, 0.29) is 23.3 Å². The Balaban J connectivity index is 1.39. The second kappa shape index (κ2) is 6.89. The van der Waals surface area contributed by atoms with Crippen LogP contribution in [0.25, 0.3) is 0 Å². The van der Waals surface area contributed by atoms with Crippen LogP contribution in [0.4, 0.5) is 0 Å². The van der Waals surface area contributed by atoms with Gasteiger partial charge in [0.2, 0.25) is 11.8 Å². The Kier molecular flexibility index (Phi) is 4.59. The van der Waals surface area contributed by atoms with Crippen LogP contribution in [0.3, 0.4) is 0 Å². The van der Waals surface area contributed by atoms with E-state index in [1.165, 1.54) is 12.8 Å². The van der Waals surface area contributed by atoms with Crippen LogP contribution in [0.2, 0.25) is 0 Å². The molecule has 140 valence electrons. The molecular formula is C20H27N3O3. The van der Waals surface area contributed by atoms with Crippen molar-refractivity contribution in [2.45, 2.75) is 50.5 Å². The Morgan fingerprint density at radius 2 is 1.96 bits per heavy atom. The average Bonchev–Trinajstić information content (AvgIpc) is 3.55. The molecule has 26 heavy (non-hydrogen) atoms. The molecular weight excluding hydrogens is 330 g/mol. The first-order chi connectivity index (χ1) is 12.6. The Labute approximate surface area is 154 Å². The van der Waals surface area contributed by atoms with Crippen molar-refractivity contribution in [3.63, 3.8) is 0 Å². The molecule has 2 amide bonds. The largest absolute Gasteiger partial charge is 0.481 e. The van der Waals surface area contributed by atoms with Gasteiger partial charge >= 0.3 is 0 Å². The Bertz CT molecular complexity index is 672. The van der Waals surface area contributed by atoms with Crippen molar-refractivity contribution in [2.75, 3.05) is 20.2 Å². The van der Waals surface area contributed by atoms with Crippen molar-refractivity contribution in [1.82, 2.24) is 15.2 Å². The standard InChI is InChI=1S/C20H27N3O3/c1-26-17-7-6-16(13-21-17)19(25)23-10-8-20(9-11-23,12-14-2-3-14)22-18(24)15-4-5-15/h6-7,13-15H,2-5,8-12H2,1H3,(H,22,24). The number of piperidine rings is 1. The van der Waals surface area contributed by atoms with Crippen molar-refractivity contribution < 1.29 is 14.3 Å². The van der Waals surface area contributed by atoms with Gasteiger partial charge in [0, 0.05) is 36.8 Å². The summed E-state index contributed by atoms with van der Waals surface area (Å²) in [5.41, 5.74) is 0.470. The molecule has 0 radical (unpaired) electrons. The van der Waals surface area contributed by atoms with Crippen LogP contribution in [0.15, 0.2) is 18.3 Å². The fourth-order valence-corrected chi connectivity index (χ4v) is 3.91. The van der Waals surface area contributed by atoms with Gasteiger partial charge in [-0.3, -0.25) is 9.59 Å². The number of likely N-dealkylation sites (tertiary alicyclic amines) is 1. The minimum Gasteiger partial charge on any atom is -0.481 e. The number of rotatable bonds is 6. The van der Waals surface area contributed by atoms with Gasteiger partial charge in [-0.25, -0.2) is 4.98 Å². The summed E-state index contributed by atoms with van der Waals surface area (Å²) in [4.78, 5) is 31.1. The molecule has 6 heteroatoms. The van der Waals surface area contributed by atoms with Crippen molar-refractivity contribution in [1.29, 1.82) is 0 Å². The zero-order valence-corrected chi connectivity index (χ0v) is 15.4. The van der Waals surface area contributed by atoms with Crippen molar-refractivity contribution in [3.8, 4) is 5.88 Å². The predicted molar refractivity (Wildman–Crippen MR) is 96.9 cm³/mol. The fraction of sp³-hybridized carbons (Fsp3) is 0.650. The molecule has 1 aromatic heterocycles. The maximum Gasteiger partial charge on any atom is 0.255 e. The van der Waals surface area contributed by atoms with E-state index in [0.29, 0.717) is 24.5 Å². The van der Waals surface area contributed by atoms with Crippen LogP contribution in [0, 0.1) is 11.8 Å². The lowest BCUT2D eigenvalue weighted by Crippen LogP contribution is -2.56. The first-order valence-electron chi connectivity index (χ1n) is 9.70. The third-order valence-electron chi connectivity index (χ3n) is 5.91. The number of nitrogens with zero attached hydrogens (tertiary/aromatic N) is 2. The van der Waals surface area contributed by atoms with E-state index in [9.17, 15) is 9.59 Å². The maximum absolute atomic E-state index is 12.7. The zero-order valence-electron chi connectivity index (χ0n) is 15.4. The van der Waals surface area contributed by atoms with Crippen LogP contribution in [-0.4, -0.2) is 47.4 Å². The molecule has 1 saturated heterocycles. The van der Waals surface area contributed by atoms with E-state index >= 15 is 0 Å². The van der Waals surface area contributed by atoms with Gasteiger partial charge in [0.1, 0.15) is 0 Å². The van der Waals surface area contributed by atoms with Crippen LogP contribution >= 0.6 is 0 Å². The summed E-state index contributed by atoms with van der Waals surface area (Å²) < 4.78 is 5.05. The smallest absolute Gasteiger partial charge is 0.255 e. The lowest BCUT2D eigenvalue weighted by molar-refractivity contribution is -0.125. The molecule has 3 fully saturated rings. The highest BCUT2D eigenvalue weighted by atomic mass is 16.5. The van der Waals surface area contributed by atoms with Crippen LogP contribution in [-0.2, 0) is 4.79 Å². The van der Waals surface area contributed by atoms with Crippen LogP contribution in [0.1, 0.15) is 55.3 Å². The monoisotopic (exact) mass is 357 g/mol. The molecule has 0 unspecified atom stereocenters. The van der Waals surface area contributed by atoms with E-state index in [2.05, 4.69) is 10.3 Å². The second-order valence-corrected chi connectivity index (χ2v) is 8.07. The summed E-state index contributed by atoms with van der Waals surface area (Å²) in [6.07, 6.45) is 8.94. The predicted octanol–water partition coefficient (Wildman–Crippen LogP) is 2.39. The lowest BCUT2D eigenvalue weighted by atomic mass is 9.82. The Morgan fingerprint density at radius 3 is 2.50 bits per heavy atom. The van der Waals surface area contributed by atoms with Crippen LogP contribution < -0.4 is 10.1 Å². The highest BCUT2D eigenvalue weighted by Crippen LogP contribution is 2.41. The zero-order chi connectivity index (χ0) is 18.1. The summed E-state index contributed by atoms with van der Waals surface area (Å²) in [6.45, 7) is 1.37. The molecule has 1 aliphatic heterocycles. The third-order valence-corrected chi connectivity index (χ3v) is 5.91. The van der Waals surface area contributed by atoms with Gasteiger partial charge in [0.25, 0.3) is 5.91 Å². The van der Waals surface area contributed by atoms with E-state index in [4.69, 9.17) is 4.74 Å². The molecule has 0 spiro atoms. The third kappa shape index (κ3) is 3.84. The highest BCUT2D eigenvalue weighted by Gasteiger charge is 2.43. The normalized spacial score (nSPS) is 22.0. The number of aromatic nitrogens is 1. The second-order valence-electron chi connectivity index (χ2n) is 8.07. The van der Waals surface area contributed by atoms with Gasteiger partial charge in [-0.2, -0.15) is 0 Å². The van der Waals surface area contributed by atoms with Gasteiger partial charge in [-0.1, -0.05) is 12.8 Å². The lowest BCUT2D eigenvalue weighted by Gasteiger charge is -2.43. The molecule has 2 heterocycles. The van der Waals surface area contributed by atoms with Gasteiger partial charge in [0.05, 0.1) is 12.7 Å². The van der Waals surface area contributed by atoms with Gasteiger partial charge in [-0.15, -0.1) is 0 Å². The van der Waals surface area contributed by atoms with E-state index < -0.39 is 0 Å². The van der Waals surface area contributed by atoms with Gasteiger partial charge < -0.3 is 15.0 Å². The Morgan fingerprint density at radius 1 is 1.23 bits per heavy atom.